The first-order valence-corrected chi connectivity index (χ1v) is 7.24. The Morgan fingerprint density at radius 1 is 1.33 bits per heavy atom. The number of amides is 1. The van der Waals surface area contributed by atoms with Crippen LogP contribution in [0.4, 0.5) is 0 Å². The first kappa shape index (κ1) is 13.8. The van der Waals surface area contributed by atoms with Gasteiger partial charge in [0.1, 0.15) is 0 Å². The fraction of sp³-hybridized carbons (Fsp3) is 0.929. The Balaban J connectivity index is 1.89. The highest BCUT2D eigenvalue weighted by Gasteiger charge is 2.31. The second-order valence-corrected chi connectivity index (χ2v) is 5.95. The van der Waals surface area contributed by atoms with Crippen molar-refractivity contribution in [3.05, 3.63) is 0 Å². The van der Waals surface area contributed by atoms with Crippen LogP contribution in [0.5, 0.6) is 0 Å². The van der Waals surface area contributed by atoms with Crippen molar-refractivity contribution in [3.63, 3.8) is 0 Å². The number of hydrogen-bond acceptors (Lipinski definition) is 3. The monoisotopic (exact) mass is 254 g/mol. The number of ether oxygens (including phenoxy) is 1. The van der Waals surface area contributed by atoms with Crippen LogP contribution in [0.3, 0.4) is 0 Å². The molecule has 0 aromatic rings. The molecule has 0 aromatic heterocycles. The van der Waals surface area contributed by atoms with Crippen molar-refractivity contribution in [2.24, 2.45) is 11.7 Å². The molecular formula is C14H26N2O2. The van der Waals surface area contributed by atoms with Crippen LogP contribution in [0.1, 0.15) is 46.0 Å². The van der Waals surface area contributed by atoms with Crippen molar-refractivity contribution in [1.82, 2.24) is 4.90 Å². The predicted octanol–water partition coefficient (Wildman–Crippen LogP) is 1.53. The summed E-state index contributed by atoms with van der Waals surface area (Å²) in [5.74, 6) is 0.650. The molecule has 4 atom stereocenters. The Morgan fingerprint density at radius 2 is 2.06 bits per heavy atom. The number of nitrogens with two attached hydrogens (primary N) is 1. The van der Waals surface area contributed by atoms with Crippen molar-refractivity contribution in [2.75, 3.05) is 13.2 Å². The predicted molar refractivity (Wildman–Crippen MR) is 71.1 cm³/mol. The molecule has 2 fully saturated rings. The largest absolute Gasteiger partial charge is 0.375 e. The van der Waals surface area contributed by atoms with E-state index in [1.165, 1.54) is 12.8 Å². The van der Waals surface area contributed by atoms with Gasteiger partial charge >= 0.3 is 0 Å². The molecule has 0 spiro atoms. The standard InChI is InChI=1S/C14H26N2O2/c1-10-9-18-11(2)8-16(10)14(17)7-12-5-3-4-6-13(12)15/h10-13H,3-9,15H2,1-2H3. The molecule has 4 nitrogen and oxygen atoms in total. The SMILES string of the molecule is CC1CN(C(=O)CC2CCCCC2N)C(C)CO1. The highest BCUT2D eigenvalue weighted by Crippen LogP contribution is 2.27. The molecule has 104 valence electrons. The molecule has 2 aliphatic rings. The maximum atomic E-state index is 12.4. The van der Waals surface area contributed by atoms with Crippen molar-refractivity contribution >= 4 is 5.91 Å². The molecule has 2 N–H and O–H groups in total. The van der Waals surface area contributed by atoms with Crippen LogP contribution < -0.4 is 5.73 Å². The highest BCUT2D eigenvalue weighted by molar-refractivity contribution is 5.77. The summed E-state index contributed by atoms with van der Waals surface area (Å²) in [5, 5.41) is 0. The van der Waals surface area contributed by atoms with E-state index >= 15 is 0 Å². The molecule has 1 saturated heterocycles. The van der Waals surface area contributed by atoms with Crippen molar-refractivity contribution in [2.45, 2.75) is 64.1 Å². The van der Waals surface area contributed by atoms with Gasteiger partial charge in [0.2, 0.25) is 5.91 Å². The van der Waals surface area contributed by atoms with Crippen LogP contribution in [0.2, 0.25) is 0 Å². The van der Waals surface area contributed by atoms with Gasteiger partial charge < -0.3 is 15.4 Å². The summed E-state index contributed by atoms with van der Waals surface area (Å²) < 4.78 is 5.56. The number of morpholine rings is 1. The van der Waals surface area contributed by atoms with E-state index in [1.54, 1.807) is 0 Å². The highest BCUT2D eigenvalue weighted by atomic mass is 16.5. The molecule has 1 amide bonds. The van der Waals surface area contributed by atoms with Crippen molar-refractivity contribution in [3.8, 4) is 0 Å². The van der Waals surface area contributed by atoms with Crippen LogP contribution >= 0.6 is 0 Å². The number of hydrogen-bond donors (Lipinski definition) is 1. The van der Waals surface area contributed by atoms with Gasteiger partial charge in [0.15, 0.2) is 0 Å². The number of carbonyl (C=O) groups is 1. The molecular weight excluding hydrogens is 228 g/mol. The van der Waals surface area contributed by atoms with Crippen LogP contribution in [0, 0.1) is 5.92 Å². The molecule has 4 unspecified atom stereocenters. The van der Waals surface area contributed by atoms with Gasteiger partial charge in [-0.3, -0.25) is 4.79 Å². The molecule has 0 aromatic carbocycles. The fourth-order valence-electron chi connectivity index (χ4n) is 3.08. The van der Waals surface area contributed by atoms with Gasteiger partial charge in [0.25, 0.3) is 0 Å². The van der Waals surface area contributed by atoms with Gasteiger partial charge in [0.05, 0.1) is 18.8 Å². The van der Waals surface area contributed by atoms with E-state index in [1.807, 2.05) is 11.8 Å². The van der Waals surface area contributed by atoms with Gasteiger partial charge in [-0.1, -0.05) is 12.8 Å². The second kappa shape index (κ2) is 6.02. The summed E-state index contributed by atoms with van der Waals surface area (Å²) in [6.07, 6.45) is 5.41. The fourth-order valence-corrected chi connectivity index (χ4v) is 3.08. The maximum Gasteiger partial charge on any atom is 0.223 e. The first-order valence-electron chi connectivity index (χ1n) is 7.24. The molecule has 0 radical (unpaired) electrons. The smallest absolute Gasteiger partial charge is 0.223 e. The Labute approximate surface area is 110 Å². The Kier molecular flexibility index (Phi) is 4.62. The zero-order chi connectivity index (χ0) is 13.1. The second-order valence-electron chi connectivity index (χ2n) is 5.95. The van der Waals surface area contributed by atoms with E-state index in [0.29, 0.717) is 18.9 Å². The Hall–Kier alpha value is -0.610. The minimum Gasteiger partial charge on any atom is -0.375 e. The van der Waals surface area contributed by atoms with E-state index in [-0.39, 0.29) is 24.1 Å². The molecule has 1 aliphatic carbocycles. The zero-order valence-electron chi connectivity index (χ0n) is 11.6. The first-order chi connectivity index (χ1) is 8.58. The van der Waals surface area contributed by atoms with E-state index in [2.05, 4.69) is 6.92 Å². The van der Waals surface area contributed by atoms with E-state index in [0.717, 1.165) is 19.4 Å². The Bertz CT molecular complexity index is 296. The summed E-state index contributed by atoms with van der Waals surface area (Å²) in [5.41, 5.74) is 6.12. The van der Waals surface area contributed by atoms with Crippen LogP contribution in [0.15, 0.2) is 0 Å². The maximum absolute atomic E-state index is 12.4. The number of nitrogens with zero attached hydrogens (tertiary/aromatic N) is 1. The van der Waals surface area contributed by atoms with Gasteiger partial charge in [-0.2, -0.15) is 0 Å². The lowest BCUT2D eigenvalue weighted by atomic mass is 9.82. The van der Waals surface area contributed by atoms with Crippen molar-refractivity contribution in [1.29, 1.82) is 0 Å². The molecule has 0 bridgehead atoms. The lowest BCUT2D eigenvalue weighted by molar-refractivity contribution is -0.144. The molecule has 2 rings (SSSR count). The summed E-state index contributed by atoms with van der Waals surface area (Å²) in [6.45, 7) is 5.47. The summed E-state index contributed by atoms with van der Waals surface area (Å²) >= 11 is 0. The minimum absolute atomic E-state index is 0.158. The third-order valence-corrected chi connectivity index (χ3v) is 4.33. The zero-order valence-corrected chi connectivity index (χ0v) is 11.6. The van der Waals surface area contributed by atoms with Crippen LogP contribution in [0.25, 0.3) is 0 Å². The van der Waals surface area contributed by atoms with Gasteiger partial charge in [0, 0.05) is 19.0 Å². The number of carbonyl (C=O) groups excluding carboxylic acids is 1. The average molecular weight is 254 g/mol. The normalized spacial score (nSPS) is 37.6. The third kappa shape index (κ3) is 3.23. The quantitative estimate of drug-likeness (QED) is 0.813. The molecule has 1 aliphatic heterocycles. The average Bonchev–Trinajstić information content (AvgIpc) is 2.35. The van der Waals surface area contributed by atoms with Gasteiger partial charge in [-0.05, 0) is 32.6 Å². The van der Waals surface area contributed by atoms with Crippen LogP contribution in [-0.2, 0) is 9.53 Å². The molecule has 18 heavy (non-hydrogen) atoms. The molecule has 1 heterocycles. The number of rotatable bonds is 2. The Morgan fingerprint density at radius 3 is 2.78 bits per heavy atom. The van der Waals surface area contributed by atoms with Crippen molar-refractivity contribution < 1.29 is 9.53 Å². The van der Waals surface area contributed by atoms with Crippen LogP contribution in [-0.4, -0.2) is 42.1 Å². The lowest BCUT2D eigenvalue weighted by Crippen LogP contribution is -2.51. The topological polar surface area (TPSA) is 55.6 Å². The lowest BCUT2D eigenvalue weighted by Gasteiger charge is -2.38. The van der Waals surface area contributed by atoms with E-state index < -0.39 is 0 Å². The van der Waals surface area contributed by atoms with E-state index in [4.69, 9.17) is 10.5 Å². The minimum atomic E-state index is 0.158. The summed E-state index contributed by atoms with van der Waals surface area (Å²) in [4.78, 5) is 14.4. The molecule has 4 heteroatoms. The molecule has 1 saturated carbocycles. The summed E-state index contributed by atoms with van der Waals surface area (Å²) in [6, 6.07) is 0.421. The van der Waals surface area contributed by atoms with Gasteiger partial charge in [-0.15, -0.1) is 0 Å². The third-order valence-electron chi connectivity index (χ3n) is 4.33. The van der Waals surface area contributed by atoms with E-state index in [9.17, 15) is 4.79 Å². The van der Waals surface area contributed by atoms with Gasteiger partial charge in [-0.25, -0.2) is 0 Å². The summed E-state index contributed by atoms with van der Waals surface area (Å²) in [7, 11) is 0.